The van der Waals surface area contributed by atoms with Gasteiger partial charge in [0.15, 0.2) is 0 Å². The van der Waals surface area contributed by atoms with Crippen molar-refractivity contribution in [2.24, 2.45) is 0 Å². The van der Waals surface area contributed by atoms with Gasteiger partial charge in [0.05, 0.1) is 10.6 Å². The first-order valence-electron chi connectivity index (χ1n) is 14.2. The van der Waals surface area contributed by atoms with E-state index in [2.05, 4.69) is 60.7 Å². The number of hydrogen-bond donors (Lipinski definition) is 0. The Balaban J connectivity index is 1.09. The van der Waals surface area contributed by atoms with Crippen LogP contribution in [0.2, 0.25) is 0 Å². The lowest BCUT2D eigenvalue weighted by molar-refractivity contribution is 0.494. The third-order valence-corrected chi connectivity index (χ3v) is 10.6. The molecule has 2 heterocycles. The van der Waals surface area contributed by atoms with Crippen LogP contribution in [-0.4, -0.2) is 0 Å². The van der Waals surface area contributed by atoms with Gasteiger partial charge < -0.3 is 18.1 Å². The van der Waals surface area contributed by atoms with Crippen molar-refractivity contribution >= 4 is 27.4 Å². The van der Waals surface area contributed by atoms with Gasteiger partial charge in [-0.3, -0.25) is 0 Å². The SMILES string of the molecule is c1ccc(OP2Oc3ccccc3-c3ccccc32)c(Cc2ccccc2OP2Oc3ccccc3-c3ccccc32)c1. The van der Waals surface area contributed by atoms with E-state index in [-0.39, 0.29) is 0 Å². The first kappa shape index (κ1) is 26.0. The molecule has 2 atom stereocenters. The Labute approximate surface area is 253 Å². The molecule has 6 heteroatoms. The van der Waals surface area contributed by atoms with E-state index >= 15 is 0 Å². The summed E-state index contributed by atoms with van der Waals surface area (Å²) in [5.74, 6) is 3.30. The molecule has 0 spiro atoms. The van der Waals surface area contributed by atoms with Gasteiger partial charge in [-0.15, -0.1) is 0 Å². The zero-order chi connectivity index (χ0) is 28.6. The fourth-order valence-corrected chi connectivity index (χ4v) is 8.59. The molecule has 0 bridgehead atoms. The van der Waals surface area contributed by atoms with Crippen molar-refractivity contribution in [2.45, 2.75) is 6.42 Å². The predicted molar refractivity (Wildman–Crippen MR) is 175 cm³/mol. The maximum atomic E-state index is 6.70. The highest BCUT2D eigenvalue weighted by molar-refractivity contribution is 7.57. The van der Waals surface area contributed by atoms with E-state index in [4.69, 9.17) is 18.1 Å². The van der Waals surface area contributed by atoms with Crippen molar-refractivity contribution in [3.63, 3.8) is 0 Å². The van der Waals surface area contributed by atoms with Gasteiger partial charge in [-0.25, -0.2) is 0 Å². The summed E-state index contributed by atoms with van der Waals surface area (Å²) in [6.45, 7) is 0. The van der Waals surface area contributed by atoms with Crippen molar-refractivity contribution in [3.05, 3.63) is 157 Å². The van der Waals surface area contributed by atoms with Gasteiger partial charge in [0.25, 0.3) is 0 Å². The Hall–Kier alpha value is -4.62. The molecule has 0 radical (unpaired) electrons. The van der Waals surface area contributed by atoms with Crippen molar-refractivity contribution in [3.8, 4) is 45.3 Å². The standard InChI is InChI=1S/C37H26O4P2/c1-7-19-32(38-42-36-23-11-5-17-30(36)28-15-3-9-21-34(28)40-42)26(13-1)25-27-14-2-8-20-33(27)39-43-37-24-12-6-18-31(37)29-16-4-10-22-35(29)41-43/h1-24H,25H2. The summed E-state index contributed by atoms with van der Waals surface area (Å²) in [5, 5.41) is 2.15. The summed E-state index contributed by atoms with van der Waals surface area (Å²) >= 11 is 0. The molecule has 2 unspecified atom stereocenters. The monoisotopic (exact) mass is 596 g/mol. The number of para-hydroxylation sites is 4. The van der Waals surface area contributed by atoms with E-state index in [0.29, 0.717) is 6.42 Å². The molecular weight excluding hydrogens is 570 g/mol. The molecule has 0 fully saturated rings. The van der Waals surface area contributed by atoms with Crippen LogP contribution in [0.3, 0.4) is 0 Å². The van der Waals surface area contributed by atoms with Gasteiger partial charge >= 0.3 is 16.8 Å². The highest BCUT2D eigenvalue weighted by Crippen LogP contribution is 2.51. The van der Waals surface area contributed by atoms with E-state index in [1.807, 2.05) is 84.9 Å². The molecule has 0 N–H and O–H groups in total. The van der Waals surface area contributed by atoms with Crippen molar-refractivity contribution in [1.82, 2.24) is 0 Å². The van der Waals surface area contributed by atoms with Gasteiger partial charge in [-0.2, -0.15) is 0 Å². The fraction of sp³-hybridized carbons (Fsp3) is 0.0270. The minimum absolute atomic E-state index is 0.634. The number of hydrogen-bond acceptors (Lipinski definition) is 4. The van der Waals surface area contributed by atoms with Crippen LogP contribution in [0.25, 0.3) is 22.3 Å². The quantitative estimate of drug-likeness (QED) is 0.180. The second kappa shape index (κ2) is 11.2. The van der Waals surface area contributed by atoms with Gasteiger partial charge in [0.1, 0.15) is 23.0 Å². The lowest BCUT2D eigenvalue weighted by Gasteiger charge is -2.28. The van der Waals surface area contributed by atoms with Crippen LogP contribution in [-0.2, 0) is 6.42 Å². The second-order valence-corrected chi connectivity index (χ2v) is 13.0. The molecule has 8 rings (SSSR count). The summed E-state index contributed by atoms with van der Waals surface area (Å²) < 4.78 is 26.3. The van der Waals surface area contributed by atoms with Crippen LogP contribution in [0.4, 0.5) is 0 Å². The summed E-state index contributed by atoms with van der Waals surface area (Å²) in [5.41, 5.74) is 6.62. The largest absolute Gasteiger partial charge is 0.435 e. The number of rotatable bonds is 6. The highest BCUT2D eigenvalue weighted by Gasteiger charge is 2.31. The van der Waals surface area contributed by atoms with Crippen LogP contribution in [0, 0.1) is 0 Å². The lowest BCUT2D eigenvalue weighted by atomic mass is 10.0. The Bertz CT molecular complexity index is 1820. The van der Waals surface area contributed by atoms with E-state index < -0.39 is 16.8 Å². The third kappa shape index (κ3) is 4.93. The smallest absolute Gasteiger partial charge is 0.326 e. The molecule has 4 nitrogen and oxygen atoms in total. The fourth-order valence-electron chi connectivity index (χ4n) is 5.53. The van der Waals surface area contributed by atoms with Crippen LogP contribution < -0.4 is 28.7 Å². The second-order valence-electron chi connectivity index (χ2n) is 10.3. The maximum absolute atomic E-state index is 6.70. The first-order chi connectivity index (χ1) is 21.3. The van der Waals surface area contributed by atoms with Crippen LogP contribution >= 0.6 is 16.8 Å². The minimum Gasteiger partial charge on any atom is -0.435 e. The van der Waals surface area contributed by atoms with Gasteiger partial charge in [-0.05, 0) is 58.7 Å². The minimum atomic E-state index is -1.36. The predicted octanol–water partition coefficient (Wildman–Crippen LogP) is 9.43. The Morgan fingerprint density at radius 1 is 0.395 bits per heavy atom. The molecule has 208 valence electrons. The molecule has 2 aliphatic rings. The molecule has 0 amide bonds. The lowest BCUT2D eigenvalue weighted by Crippen LogP contribution is -2.18. The molecule has 6 aromatic rings. The molecule has 0 saturated heterocycles. The summed E-state index contributed by atoms with van der Waals surface area (Å²) in [4.78, 5) is 0. The van der Waals surface area contributed by atoms with Crippen LogP contribution in [0.15, 0.2) is 146 Å². The zero-order valence-electron chi connectivity index (χ0n) is 23.1. The molecule has 0 aliphatic carbocycles. The molecule has 2 aliphatic heterocycles. The molecule has 43 heavy (non-hydrogen) atoms. The average Bonchev–Trinajstić information content (AvgIpc) is 3.07. The van der Waals surface area contributed by atoms with E-state index in [9.17, 15) is 0 Å². The van der Waals surface area contributed by atoms with E-state index in [1.54, 1.807) is 0 Å². The van der Waals surface area contributed by atoms with Gasteiger partial charge in [0, 0.05) is 17.5 Å². The Kier molecular flexibility index (Phi) is 6.80. The molecule has 0 aromatic heterocycles. The number of fused-ring (bicyclic) bond motifs is 6. The third-order valence-electron chi connectivity index (χ3n) is 7.61. The molecule has 6 aromatic carbocycles. The van der Waals surface area contributed by atoms with Gasteiger partial charge in [0.2, 0.25) is 0 Å². The van der Waals surface area contributed by atoms with Crippen molar-refractivity contribution in [2.75, 3.05) is 0 Å². The average molecular weight is 597 g/mol. The van der Waals surface area contributed by atoms with E-state index in [0.717, 1.165) is 67.0 Å². The molecule has 0 saturated carbocycles. The maximum Gasteiger partial charge on any atom is 0.326 e. The number of benzene rings is 6. The van der Waals surface area contributed by atoms with Crippen LogP contribution in [0.1, 0.15) is 11.1 Å². The van der Waals surface area contributed by atoms with E-state index in [1.165, 1.54) is 0 Å². The summed E-state index contributed by atoms with van der Waals surface area (Å²) in [7, 11) is -2.73. The topological polar surface area (TPSA) is 36.9 Å². The highest BCUT2D eigenvalue weighted by atomic mass is 31.2. The van der Waals surface area contributed by atoms with Crippen molar-refractivity contribution < 1.29 is 18.1 Å². The van der Waals surface area contributed by atoms with Crippen LogP contribution in [0.5, 0.6) is 23.0 Å². The normalized spacial score (nSPS) is 15.9. The molecular formula is C37H26O4P2. The Morgan fingerprint density at radius 3 is 1.26 bits per heavy atom. The summed E-state index contributed by atoms with van der Waals surface area (Å²) in [6.07, 6.45) is 0.634. The zero-order valence-corrected chi connectivity index (χ0v) is 24.9. The van der Waals surface area contributed by atoms with Gasteiger partial charge in [-0.1, -0.05) is 109 Å². The Morgan fingerprint density at radius 2 is 0.767 bits per heavy atom. The summed E-state index contributed by atoms with van der Waals surface area (Å²) in [6, 6.07) is 49.4. The first-order valence-corrected chi connectivity index (χ1v) is 16.5. The van der Waals surface area contributed by atoms with Crippen molar-refractivity contribution in [1.29, 1.82) is 0 Å².